The molecule has 4 heteroatoms. The highest BCUT2D eigenvalue weighted by molar-refractivity contribution is 5.80. The summed E-state index contributed by atoms with van der Waals surface area (Å²) in [4.78, 5) is 12.6. The fraction of sp³-hybridized carbons (Fsp3) is 0.423. The van der Waals surface area contributed by atoms with E-state index in [1.54, 1.807) is 12.1 Å². The molecule has 3 aromatic rings. The number of hydrogen-bond acceptors (Lipinski definition) is 4. The predicted molar refractivity (Wildman–Crippen MR) is 122 cm³/mol. The summed E-state index contributed by atoms with van der Waals surface area (Å²) in [5.74, 6) is 1.32. The first-order valence-corrected chi connectivity index (χ1v) is 11.3. The second kappa shape index (κ2) is 10.4. The third-order valence-electron chi connectivity index (χ3n) is 5.88. The lowest BCUT2D eigenvalue weighted by Crippen LogP contribution is -2.33. The van der Waals surface area contributed by atoms with Crippen LogP contribution in [0.15, 0.2) is 63.8 Å². The molecule has 158 valence electrons. The van der Waals surface area contributed by atoms with Crippen LogP contribution in [0.25, 0.3) is 22.3 Å². The molecule has 1 N–H and O–H groups in total. The third-order valence-corrected chi connectivity index (χ3v) is 5.88. The van der Waals surface area contributed by atoms with Gasteiger partial charge in [-0.1, -0.05) is 56.0 Å². The van der Waals surface area contributed by atoms with E-state index in [4.69, 9.17) is 9.15 Å². The van der Waals surface area contributed by atoms with Gasteiger partial charge in [0.2, 0.25) is 0 Å². The van der Waals surface area contributed by atoms with Crippen molar-refractivity contribution in [2.24, 2.45) is 0 Å². The Morgan fingerprint density at radius 1 is 0.967 bits per heavy atom. The standard InChI is InChI=1S/C26H31NO3/c28-24-19-26(20-10-4-3-5-11-20)30-25-15-14-22(18-23(24)25)29-17-9-2-1-6-12-21-13-7-8-16-27-21/h3-5,10-11,14-15,18-19,21,27H,1-2,6-9,12-13,16-17H2. The van der Waals surface area contributed by atoms with Crippen LogP contribution in [0.3, 0.4) is 0 Å². The van der Waals surface area contributed by atoms with Crippen molar-refractivity contribution >= 4 is 11.0 Å². The summed E-state index contributed by atoms with van der Waals surface area (Å²) < 4.78 is 11.8. The number of fused-ring (bicyclic) bond motifs is 1. The average molecular weight is 406 g/mol. The van der Waals surface area contributed by atoms with Gasteiger partial charge in [-0.25, -0.2) is 0 Å². The van der Waals surface area contributed by atoms with Crippen molar-refractivity contribution in [3.8, 4) is 17.1 Å². The SMILES string of the molecule is O=c1cc(-c2ccccc2)oc2ccc(OCCCCCCC3CCCCN3)cc12. The highest BCUT2D eigenvalue weighted by atomic mass is 16.5. The minimum absolute atomic E-state index is 0.0446. The Kier molecular flexibility index (Phi) is 7.20. The van der Waals surface area contributed by atoms with E-state index < -0.39 is 0 Å². The molecule has 0 saturated carbocycles. The number of nitrogens with one attached hydrogen (secondary N) is 1. The molecule has 4 rings (SSSR count). The monoisotopic (exact) mass is 405 g/mol. The van der Waals surface area contributed by atoms with E-state index in [-0.39, 0.29) is 5.43 Å². The van der Waals surface area contributed by atoms with Crippen molar-refractivity contribution in [3.05, 3.63) is 64.8 Å². The van der Waals surface area contributed by atoms with Gasteiger partial charge < -0.3 is 14.5 Å². The zero-order valence-electron chi connectivity index (χ0n) is 17.6. The van der Waals surface area contributed by atoms with E-state index in [1.807, 2.05) is 42.5 Å². The second-order valence-electron chi connectivity index (χ2n) is 8.20. The summed E-state index contributed by atoms with van der Waals surface area (Å²) in [7, 11) is 0. The molecule has 2 aromatic carbocycles. The Hall–Kier alpha value is -2.59. The van der Waals surface area contributed by atoms with Crippen LogP contribution < -0.4 is 15.5 Å². The van der Waals surface area contributed by atoms with Crippen LogP contribution in [0.5, 0.6) is 5.75 Å². The Bertz CT molecular complexity index is 990. The van der Waals surface area contributed by atoms with Crippen LogP contribution in [0, 0.1) is 0 Å². The van der Waals surface area contributed by atoms with E-state index in [0.29, 0.717) is 23.3 Å². The van der Waals surface area contributed by atoms with Crippen LogP contribution in [0.2, 0.25) is 0 Å². The minimum Gasteiger partial charge on any atom is -0.494 e. The maximum absolute atomic E-state index is 12.6. The zero-order valence-corrected chi connectivity index (χ0v) is 17.6. The fourth-order valence-corrected chi connectivity index (χ4v) is 4.18. The molecule has 1 aromatic heterocycles. The molecule has 0 radical (unpaired) electrons. The first-order chi connectivity index (χ1) is 14.8. The molecule has 1 atom stereocenters. The molecule has 0 aliphatic carbocycles. The maximum Gasteiger partial charge on any atom is 0.193 e. The van der Waals surface area contributed by atoms with E-state index in [2.05, 4.69) is 5.32 Å². The van der Waals surface area contributed by atoms with Crippen molar-refractivity contribution in [1.82, 2.24) is 5.32 Å². The molecule has 1 fully saturated rings. The topological polar surface area (TPSA) is 51.5 Å². The first-order valence-electron chi connectivity index (χ1n) is 11.3. The van der Waals surface area contributed by atoms with Crippen LogP contribution in [0.4, 0.5) is 0 Å². The molecule has 1 aliphatic heterocycles. The van der Waals surface area contributed by atoms with Crippen LogP contribution in [-0.4, -0.2) is 19.2 Å². The largest absolute Gasteiger partial charge is 0.494 e. The van der Waals surface area contributed by atoms with Crippen LogP contribution in [-0.2, 0) is 0 Å². The highest BCUT2D eigenvalue weighted by Gasteiger charge is 2.11. The fourth-order valence-electron chi connectivity index (χ4n) is 4.18. The molecule has 1 unspecified atom stereocenters. The average Bonchev–Trinajstić information content (AvgIpc) is 2.80. The van der Waals surface area contributed by atoms with Gasteiger partial charge in [0, 0.05) is 17.7 Å². The molecule has 30 heavy (non-hydrogen) atoms. The Morgan fingerprint density at radius 3 is 2.67 bits per heavy atom. The van der Waals surface area contributed by atoms with E-state index in [0.717, 1.165) is 23.8 Å². The molecular formula is C26H31NO3. The second-order valence-corrected chi connectivity index (χ2v) is 8.20. The lowest BCUT2D eigenvalue weighted by atomic mass is 9.99. The number of benzene rings is 2. The maximum atomic E-state index is 12.6. The normalized spacial score (nSPS) is 16.6. The Labute approximate surface area is 178 Å². The zero-order chi connectivity index (χ0) is 20.6. The molecule has 0 amide bonds. The van der Waals surface area contributed by atoms with Gasteiger partial charge in [0.25, 0.3) is 0 Å². The third kappa shape index (κ3) is 5.51. The molecule has 0 spiro atoms. The summed E-state index contributed by atoms with van der Waals surface area (Å²) in [6.45, 7) is 1.87. The summed E-state index contributed by atoms with van der Waals surface area (Å²) >= 11 is 0. The lowest BCUT2D eigenvalue weighted by molar-refractivity contribution is 0.302. The van der Waals surface area contributed by atoms with Crippen molar-refractivity contribution in [1.29, 1.82) is 0 Å². The van der Waals surface area contributed by atoms with Gasteiger partial charge in [0.05, 0.1) is 12.0 Å². The van der Waals surface area contributed by atoms with Crippen molar-refractivity contribution in [2.75, 3.05) is 13.2 Å². The van der Waals surface area contributed by atoms with E-state index >= 15 is 0 Å². The lowest BCUT2D eigenvalue weighted by Gasteiger charge is -2.23. The van der Waals surface area contributed by atoms with Crippen LogP contribution in [0.1, 0.15) is 51.4 Å². The quantitative estimate of drug-likeness (QED) is 0.448. The summed E-state index contributed by atoms with van der Waals surface area (Å²) in [5.41, 5.74) is 1.44. The van der Waals surface area contributed by atoms with Gasteiger partial charge in [-0.05, 0) is 50.4 Å². The summed E-state index contributed by atoms with van der Waals surface area (Å²) in [5, 5.41) is 4.18. The Balaban J connectivity index is 1.25. The van der Waals surface area contributed by atoms with E-state index in [9.17, 15) is 4.79 Å². The molecule has 1 saturated heterocycles. The number of ether oxygens (including phenoxy) is 1. The number of rotatable bonds is 9. The van der Waals surface area contributed by atoms with Gasteiger partial charge >= 0.3 is 0 Å². The van der Waals surface area contributed by atoms with Gasteiger partial charge in [-0.15, -0.1) is 0 Å². The number of hydrogen-bond donors (Lipinski definition) is 1. The van der Waals surface area contributed by atoms with Gasteiger partial charge in [0.1, 0.15) is 17.1 Å². The van der Waals surface area contributed by atoms with Crippen molar-refractivity contribution in [2.45, 2.75) is 57.4 Å². The minimum atomic E-state index is -0.0446. The molecular weight excluding hydrogens is 374 g/mol. The summed E-state index contributed by atoms with van der Waals surface area (Å²) in [6.07, 6.45) is 10.1. The number of unbranched alkanes of at least 4 members (excludes halogenated alkanes) is 3. The van der Waals surface area contributed by atoms with Crippen LogP contribution >= 0.6 is 0 Å². The van der Waals surface area contributed by atoms with Crippen molar-refractivity contribution < 1.29 is 9.15 Å². The molecule has 2 heterocycles. The smallest absolute Gasteiger partial charge is 0.193 e. The predicted octanol–water partition coefficient (Wildman–Crippen LogP) is 5.93. The molecule has 0 bridgehead atoms. The Morgan fingerprint density at radius 2 is 1.83 bits per heavy atom. The molecule has 1 aliphatic rings. The van der Waals surface area contributed by atoms with Gasteiger partial charge in [-0.3, -0.25) is 4.79 Å². The van der Waals surface area contributed by atoms with Crippen molar-refractivity contribution in [3.63, 3.8) is 0 Å². The summed E-state index contributed by atoms with van der Waals surface area (Å²) in [6, 6.07) is 17.5. The highest BCUT2D eigenvalue weighted by Crippen LogP contribution is 2.24. The molecule has 4 nitrogen and oxygen atoms in total. The van der Waals surface area contributed by atoms with Gasteiger partial charge in [-0.2, -0.15) is 0 Å². The number of piperidine rings is 1. The first kappa shape index (κ1) is 20.7. The van der Waals surface area contributed by atoms with Gasteiger partial charge in [0.15, 0.2) is 5.43 Å². The van der Waals surface area contributed by atoms with E-state index in [1.165, 1.54) is 51.5 Å².